The summed E-state index contributed by atoms with van der Waals surface area (Å²) in [5, 5.41) is 0. The monoisotopic (exact) mass is 253 g/mol. The van der Waals surface area contributed by atoms with Crippen molar-refractivity contribution in [3.8, 4) is 5.75 Å². The molecule has 0 N–H and O–H groups in total. The summed E-state index contributed by atoms with van der Waals surface area (Å²) in [7, 11) is 0. The Bertz CT molecular complexity index is 375. The van der Waals surface area contributed by atoms with Crippen LogP contribution < -0.4 is 4.74 Å². The SMILES string of the molecule is CCOC(=O)C(Oc1cccnc1)C(=O)OCC. The van der Waals surface area contributed by atoms with Gasteiger partial charge in [-0.2, -0.15) is 0 Å². The standard InChI is InChI=1S/C12H15NO5/c1-3-16-11(14)10(12(15)17-4-2)18-9-6-5-7-13-8-9/h5-8,10H,3-4H2,1-2H3. The highest BCUT2D eigenvalue weighted by atomic mass is 16.6. The second kappa shape index (κ2) is 7.26. The number of rotatable bonds is 6. The molecule has 0 aromatic carbocycles. The lowest BCUT2D eigenvalue weighted by atomic mass is 10.3. The van der Waals surface area contributed by atoms with E-state index in [1.807, 2.05) is 0 Å². The molecule has 0 spiro atoms. The van der Waals surface area contributed by atoms with Crippen LogP contribution in [0, 0.1) is 0 Å². The highest BCUT2D eigenvalue weighted by molar-refractivity contribution is 5.98. The van der Waals surface area contributed by atoms with Crippen molar-refractivity contribution in [1.29, 1.82) is 0 Å². The predicted octanol–water partition coefficient (Wildman–Crippen LogP) is 0.955. The molecule has 0 amide bonds. The van der Waals surface area contributed by atoms with E-state index in [9.17, 15) is 9.59 Å². The smallest absolute Gasteiger partial charge is 0.359 e. The van der Waals surface area contributed by atoms with Crippen molar-refractivity contribution in [2.45, 2.75) is 20.0 Å². The molecule has 0 aliphatic heterocycles. The number of hydrogen-bond donors (Lipinski definition) is 0. The van der Waals surface area contributed by atoms with E-state index in [0.717, 1.165) is 0 Å². The van der Waals surface area contributed by atoms with Crippen molar-refractivity contribution >= 4 is 11.9 Å². The van der Waals surface area contributed by atoms with Gasteiger partial charge in [-0.3, -0.25) is 4.98 Å². The van der Waals surface area contributed by atoms with Gasteiger partial charge in [0.05, 0.1) is 19.4 Å². The third-order valence-corrected chi connectivity index (χ3v) is 1.89. The average molecular weight is 253 g/mol. The fourth-order valence-electron chi connectivity index (χ4n) is 1.18. The Morgan fingerprint density at radius 2 is 1.83 bits per heavy atom. The summed E-state index contributed by atoms with van der Waals surface area (Å²) in [6, 6.07) is 3.21. The Balaban J connectivity index is 2.77. The first kappa shape index (κ1) is 14.0. The molecule has 18 heavy (non-hydrogen) atoms. The van der Waals surface area contributed by atoms with Gasteiger partial charge in [0.1, 0.15) is 5.75 Å². The molecule has 0 saturated carbocycles. The third-order valence-electron chi connectivity index (χ3n) is 1.89. The maximum Gasteiger partial charge on any atom is 0.359 e. The summed E-state index contributed by atoms with van der Waals surface area (Å²) in [5.41, 5.74) is 0. The molecule has 0 aliphatic carbocycles. The van der Waals surface area contributed by atoms with Crippen LogP contribution in [0.4, 0.5) is 0 Å². The molecule has 0 radical (unpaired) electrons. The normalized spacial score (nSPS) is 9.94. The van der Waals surface area contributed by atoms with Crippen LogP contribution in [0.3, 0.4) is 0 Å². The van der Waals surface area contributed by atoms with Crippen LogP contribution in [0.1, 0.15) is 13.8 Å². The van der Waals surface area contributed by atoms with Crippen LogP contribution >= 0.6 is 0 Å². The third kappa shape index (κ3) is 4.04. The Hall–Kier alpha value is -2.11. The van der Waals surface area contributed by atoms with Crippen LogP contribution in [0.25, 0.3) is 0 Å². The maximum atomic E-state index is 11.6. The summed E-state index contributed by atoms with van der Waals surface area (Å²) in [4.78, 5) is 27.0. The van der Waals surface area contributed by atoms with Crippen molar-refractivity contribution < 1.29 is 23.8 Å². The summed E-state index contributed by atoms with van der Waals surface area (Å²) >= 11 is 0. The van der Waals surface area contributed by atoms with E-state index in [1.165, 1.54) is 6.20 Å². The van der Waals surface area contributed by atoms with E-state index in [-0.39, 0.29) is 13.2 Å². The molecule has 0 fully saturated rings. The topological polar surface area (TPSA) is 74.7 Å². The lowest BCUT2D eigenvalue weighted by molar-refractivity contribution is -0.166. The zero-order valence-corrected chi connectivity index (χ0v) is 10.3. The Kier molecular flexibility index (Phi) is 5.63. The zero-order valence-electron chi connectivity index (χ0n) is 10.3. The quantitative estimate of drug-likeness (QED) is 0.555. The van der Waals surface area contributed by atoms with E-state index >= 15 is 0 Å². The van der Waals surface area contributed by atoms with E-state index in [4.69, 9.17) is 14.2 Å². The second-order valence-corrected chi connectivity index (χ2v) is 3.19. The molecule has 0 bridgehead atoms. The Morgan fingerprint density at radius 1 is 1.22 bits per heavy atom. The Labute approximate surface area is 105 Å². The van der Waals surface area contributed by atoms with E-state index < -0.39 is 18.0 Å². The number of esters is 2. The van der Waals surface area contributed by atoms with Gasteiger partial charge in [0, 0.05) is 6.20 Å². The van der Waals surface area contributed by atoms with Gasteiger partial charge in [0.25, 0.3) is 6.10 Å². The minimum atomic E-state index is -1.42. The van der Waals surface area contributed by atoms with Gasteiger partial charge >= 0.3 is 11.9 Å². The van der Waals surface area contributed by atoms with Crippen LogP contribution in [0.15, 0.2) is 24.5 Å². The molecular weight excluding hydrogens is 238 g/mol. The van der Waals surface area contributed by atoms with Crippen LogP contribution in [-0.2, 0) is 19.1 Å². The number of pyridine rings is 1. The Morgan fingerprint density at radius 3 is 2.28 bits per heavy atom. The lowest BCUT2D eigenvalue weighted by Gasteiger charge is -2.15. The van der Waals surface area contributed by atoms with Gasteiger partial charge in [-0.25, -0.2) is 9.59 Å². The summed E-state index contributed by atoms with van der Waals surface area (Å²) in [5.74, 6) is -1.26. The molecule has 6 nitrogen and oxygen atoms in total. The summed E-state index contributed by atoms with van der Waals surface area (Å²) in [6.07, 6.45) is 1.52. The van der Waals surface area contributed by atoms with Crippen molar-refractivity contribution in [1.82, 2.24) is 4.98 Å². The van der Waals surface area contributed by atoms with Crippen molar-refractivity contribution in [3.05, 3.63) is 24.5 Å². The molecule has 0 aliphatic rings. The van der Waals surface area contributed by atoms with Gasteiger partial charge in [-0.05, 0) is 26.0 Å². The number of nitrogens with zero attached hydrogens (tertiary/aromatic N) is 1. The fourth-order valence-corrected chi connectivity index (χ4v) is 1.18. The highest BCUT2D eigenvalue weighted by Crippen LogP contribution is 2.11. The largest absolute Gasteiger partial charge is 0.465 e. The maximum absolute atomic E-state index is 11.6. The van der Waals surface area contributed by atoms with E-state index in [1.54, 1.807) is 32.2 Å². The van der Waals surface area contributed by atoms with Gasteiger partial charge < -0.3 is 14.2 Å². The number of ether oxygens (including phenoxy) is 3. The molecule has 0 atom stereocenters. The van der Waals surface area contributed by atoms with Gasteiger partial charge in [-0.1, -0.05) is 0 Å². The highest BCUT2D eigenvalue weighted by Gasteiger charge is 2.31. The first-order chi connectivity index (χ1) is 8.69. The van der Waals surface area contributed by atoms with Gasteiger partial charge in [-0.15, -0.1) is 0 Å². The molecule has 6 heteroatoms. The zero-order chi connectivity index (χ0) is 13.4. The van der Waals surface area contributed by atoms with E-state index in [0.29, 0.717) is 5.75 Å². The molecule has 1 rings (SSSR count). The first-order valence-corrected chi connectivity index (χ1v) is 5.59. The molecule has 0 unspecified atom stereocenters. The number of hydrogen-bond acceptors (Lipinski definition) is 6. The minimum absolute atomic E-state index is 0.158. The molecule has 1 heterocycles. The summed E-state index contributed by atoms with van der Waals surface area (Å²) < 4.78 is 14.7. The fraction of sp³-hybridized carbons (Fsp3) is 0.417. The number of carbonyl (C=O) groups is 2. The first-order valence-electron chi connectivity index (χ1n) is 5.59. The lowest BCUT2D eigenvalue weighted by Crippen LogP contribution is -2.38. The van der Waals surface area contributed by atoms with Crippen LogP contribution in [0.5, 0.6) is 5.75 Å². The van der Waals surface area contributed by atoms with Crippen LogP contribution in [0.2, 0.25) is 0 Å². The molecule has 1 aromatic heterocycles. The van der Waals surface area contributed by atoms with Gasteiger partial charge in [0.2, 0.25) is 0 Å². The molecule has 98 valence electrons. The van der Waals surface area contributed by atoms with E-state index in [2.05, 4.69) is 4.98 Å². The molecule has 1 aromatic rings. The van der Waals surface area contributed by atoms with Crippen molar-refractivity contribution in [2.75, 3.05) is 13.2 Å². The van der Waals surface area contributed by atoms with Crippen LogP contribution in [-0.4, -0.2) is 36.2 Å². The number of aromatic nitrogens is 1. The molecular formula is C12H15NO5. The van der Waals surface area contributed by atoms with Crippen molar-refractivity contribution in [3.63, 3.8) is 0 Å². The van der Waals surface area contributed by atoms with Gasteiger partial charge in [0.15, 0.2) is 0 Å². The number of carbonyl (C=O) groups excluding carboxylic acids is 2. The second-order valence-electron chi connectivity index (χ2n) is 3.19. The molecule has 0 saturated heterocycles. The predicted molar refractivity (Wildman–Crippen MR) is 61.9 cm³/mol. The average Bonchev–Trinajstić information content (AvgIpc) is 2.37. The van der Waals surface area contributed by atoms with Crippen molar-refractivity contribution in [2.24, 2.45) is 0 Å². The minimum Gasteiger partial charge on any atom is -0.465 e. The summed E-state index contributed by atoms with van der Waals surface area (Å²) in [6.45, 7) is 3.60.